The van der Waals surface area contributed by atoms with E-state index in [1.807, 2.05) is 0 Å². The Balaban J connectivity index is 1.93. The Labute approximate surface area is 110 Å². The number of piperidine rings is 1. The summed E-state index contributed by atoms with van der Waals surface area (Å²) in [7, 11) is 0. The Morgan fingerprint density at radius 3 is 3.16 bits per heavy atom. The second kappa shape index (κ2) is 5.09. The third kappa shape index (κ3) is 2.66. The first-order chi connectivity index (χ1) is 9.22. The van der Waals surface area contributed by atoms with Crippen LogP contribution in [0.3, 0.4) is 0 Å². The Hall–Kier alpha value is -1.75. The van der Waals surface area contributed by atoms with E-state index < -0.39 is 0 Å². The summed E-state index contributed by atoms with van der Waals surface area (Å²) in [6, 6.07) is 4.12. The van der Waals surface area contributed by atoms with Crippen LogP contribution in [-0.2, 0) is 6.42 Å². The van der Waals surface area contributed by atoms with Crippen molar-refractivity contribution in [2.45, 2.75) is 19.3 Å². The zero-order valence-electron chi connectivity index (χ0n) is 10.6. The Morgan fingerprint density at radius 2 is 2.37 bits per heavy atom. The molecule has 4 nitrogen and oxygen atoms in total. The number of nitrogens with one attached hydrogen (secondary N) is 1. The minimum atomic E-state index is -0.372. The van der Waals surface area contributed by atoms with Crippen molar-refractivity contribution in [3.05, 3.63) is 46.3 Å². The quantitative estimate of drug-likeness (QED) is 0.888. The molecule has 1 N–H and O–H groups in total. The van der Waals surface area contributed by atoms with Crippen LogP contribution in [0.4, 0.5) is 4.39 Å². The fourth-order valence-electron chi connectivity index (χ4n) is 2.63. The fourth-order valence-corrected chi connectivity index (χ4v) is 2.63. The summed E-state index contributed by atoms with van der Waals surface area (Å²) >= 11 is 0. The zero-order valence-corrected chi connectivity index (χ0v) is 10.6. The molecule has 3 heterocycles. The second-order valence-electron chi connectivity index (χ2n) is 5.08. The third-order valence-electron chi connectivity index (χ3n) is 3.58. The maximum Gasteiger partial charge on any atom is 0.258 e. The van der Waals surface area contributed by atoms with Crippen LogP contribution >= 0.6 is 0 Å². The van der Waals surface area contributed by atoms with Gasteiger partial charge in [-0.1, -0.05) is 0 Å². The molecule has 0 bridgehead atoms. The van der Waals surface area contributed by atoms with E-state index in [9.17, 15) is 9.18 Å². The Kier molecular flexibility index (Phi) is 3.29. The normalized spacial score (nSPS) is 19.7. The van der Waals surface area contributed by atoms with Gasteiger partial charge < -0.3 is 5.32 Å². The van der Waals surface area contributed by atoms with Crippen molar-refractivity contribution in [1.29, 1.82) is 0 Å². The topological polar surface area (TPSA) is 46.4 Å². The van der Waals surface area contributed by atoms with E-state index in [1.54, 1.807) is 6.07 Å². The van der Waals surface area contributed by atoms with Crippen molar-refractivity contribution in [2.75, 3.05) is 13.1 Å². The van der Waals surface area contributed by atoms with Gasteiger partial charge in [-0.15, -0.1) is 0 Å². The minimum absolute atomic E-state index is 0.149. The van der Waals surface area contributed by atoms with E-state index in [2.05, 4.69) is 10.3 Å². The standard InChI is InChI=1S/C14H16FN3O/c15-11-3-5-18-13(7-11)17-12(8-14(18)19)6-10-2-1-4-16-9-10/h3,5,7-8,10,16H,1-2,4,6,9H2. The van der Waals surface area contributed by atoms with Crippen LogP contribution in [0.2, 0.25) is 0 Å². The molecule has 0 radical (unpaired) electrons. The number of hydrogen-bond acceptors (Lipinski definition) is 3. The summed E-state index contributed by atoms with van der Waals surface area (Å²) in [5, 5.41) is 3.34. The van der Waals surface area contributed by atoms with E-state index in [4.69, 9.17) is 0 Å². The number of halogens is 1. The van der Waals surface area contributed by atoms with E-state index in [1.165, 1.54) is 22.7 Å². The van der Waals surface area contributed by atoms with Gasteiger partial charge in [-0.3, -0.25) is 9.20 Å². The highest BCUT2D eigenvalue weighted by molar-refractivity contribution is 5.38. The van der Waals surface area contributed by atoms with E-state index in [0.717, 1.165) is 38.0 Å². The van der Waals surface area contributed by atoms with Gasteiger partial charge in [0.1, 0.15) is 11.5 Å². The lowest BCUT2D eigenvalue weighted by Crippen LogP contribution is -2.31. The van der Waals surface area contributed by atoms with Crippen LogP contribution < -0.4 is 10.9 Å². The minimum Gasteiger partial charge on any atom is -0.316 e. The highest BCUT2D eigenvalue weighted by Crippen LogP contribution is 2.15. The van der Waals surface area contributed by atoms with Gasteiger partial charge in [0.25, 0.3) is 5.56 Å². The van der Waals surface area contributed by atoms with E-state index in [0.29, 0.717) is 11.6 Å². The molecule has 100 valence electrons. The number of hydrogen-bond donors (Lipinski definition) is 1. The monoisotopic (exact) mass is 261 g/mol. The van der Waals surface area contributed by atoms with Gasteiger partial charge >= 0.3 is 0 Å². The number of aromatic nitrogens is 2. The number of fused-ring (bicyclic) bond motifs is 1. The van der Waals surface area contributed by atoms with Gasteiger partial charge in [-0.2, -0.15) is 0 Å². The van der Waals surface area contributed by atoms with Gasteiger partial charge in [-0.05, 0) is 44.3 Å². The highest BCUT2D eigenvalue weighted by Gasteiger charge is 2.15. The second-order valence-corrected chi connectivity index (χ2v) is 5.08. The van der Waals surface area contributed by atoms with Crippen molar-refractivity contribution in [2.24, 2.45) is 5.92 Å². The van der Waals surface area contributed by atoms with Gasteiger partial charge in [0, 0.05) is 24.0 Å². The molecule has 1 fully saturated rings. The molecule has 19 heavy (non-hydrogen) atoms. The molecule has 0 aromatic carbocycles. The molecule has 0 spiro atoms. The lowest BCUT2D eigenvalue weighted by atomic mass is 9.94. The summed E-state index contributed by atoms with van der Waals surface area (Å²) in [6.07, 6.45) is 4.50. The molecule has 1 unspecified atom stereocenters. The lowest BCUT2D eigenvalue weighted by molar-refractivity contribution is 0.373. The molecular formula is C14H16FN3O. The number of pyridine rings is 1. The molecule has 0 amide bonds. The number of rotatable bonds is 2. The van der Waals surface area contributed by atoms with Crippen molar-refractivity contribution in [1.82, 2.24) is 14.7 Å². The summed E-state index contributed by atoms with van der Waals surface area (Å²) in [5.74, 6) is 0.139. The van der Waals surface area contributed by atoms with Gasteiger partial charge in [0.15, 0.2) is 0 Å². The summed E-state index contributed by atoms with van der Waals surface area (Å²) in [5.41, 5.74) is 0.985. The molecule has 1 aliphatic heterocycles. The Bertz CT molecular complexity index is 647. The van der Waals surface area contributed by atoms with Crippen LogP contribution in [0.5, 0.6) is 0 Å². The first-order valence-electron chi connectivity index (χ1n) is 6.61. The van der Waals surface area contributed by atoms with Crippen LogP contribution in [0.1, 0.15) is 18.5 Å². The maximum absolute atomic E-state index is 13.2. The average molecular weight is 261 g/mol. The van der Waals surface area contributed by atoms with Crippen molar-refractivity contribution >= 4 is 5.65 Å². The lowest BCUT2D eigenvalue weighted by Gasteiger charge is -2.22. The predicted octanol–water partition coefficient (Wildman–Crippen LogP) is 1.38. The highest BCUT2D eigenvalue weighted by atomic mass is 19.1. The SMILES string of the molecule is O=c1cc(CC2CCCNC2)nc2cc(F)ccn12. The molecule has 1 aliphatic rings. The van der Waals surface area contributed by atoms with Crippen molar-refractivity contribution in [3.63, 3.8) is 0 Å². The van der Waals surface area contributed by atoms with E-state index in [-0.39, 0.29) is 11.4 Å². The summed E-state index contributed by atoms with van der Waals surface area (Å²) < 4.78 is 14.6. The molecule has 2 aromatic heterocycles. The first-order valence-corrected chi connectivity index (χ1v) is 6.61. The van der Waals surface area contributed by atoms with Gasteiger partial charge in [0.05, 0.1) is 0 Å². The van der Waals surface area contributed by atoms with Gasteiger partial charge in [-0.25, -0.2) is 9.37 Å². The zero-order chi connectivity index (χ0) is 13.2. The maximum atomic E-state index is 13.2. The molecule has 0 saturated carbocycles. The summed E-state index contributed by atoms with van der Waals surface area (Å²) in [6.45, 7) is 2.03. The largest absolute Gasteiger partial charge is 0.316 e. The first kappa shape index (κ1) is 12.3. The molecule has 2 aromatic rings. The molecule has 1 atom stereocenters. The Morgan fingerprint density at radius 1 is 1.47 bits per heavy atom. The van der Waals surface area contributed by atoms with Crippen molar-refractivity contribution in [3.8, 4) is 0 Å². The summed E-state index contributed by atoms with van der Waals surface area (Å²) in [4.78, 5) is 16.3. The fraction of sp³-hybridized carbons (Fsp3) is 0.429. The van der Waals surface area contributed by atoms with Crippen LogP contribution in [0.25, 0.3) is 5.65 Å². The molecule has 0 aliphatic carbocycles. The molecule has 1 saturated heterocycles. The van der Waals surface area contributed by atoms with Crippen LogP contribution in [-0.4, -0.2) is 22.5 Å². The molecule has 3 rings (SSSR count). The predicted molar refractivity (Wildman–Crippen MR) is 70.7 cm³/mol. The average Bonchev–Trinajstić information content (AvgIpc) is 2.39. The van der Waals surface area contributed by atoms with Crippen molar-refractivity contribution < 1.29 is 4.39 Å². The van der Waals surface area contributed by atoms with Gasteiger partial charge in [0.2, 0.25) is 0 Å². The molecule has 5 heteroatoms. The third-order valence-corrected chi connectivity index (χ3v) is 3.58. The van der Waals surface area contributed by atoms with Crippen LogP contribution in [0.15, 0.2) is 29.2 Å². The smallest absolute Gasteiger partial charge is 0.258 e. The molecular weight excluding hydrogens is 245 g/mol. The van der Waals surface area contributed by atoms with E-state index >= 15 is 0 Å². The van der Waals surface area contributed by atoms with Crippen LogP contribution in [0, 0.1) is 11.7 Å². The number of nitrogens with zero attached hydrogens (tertiary/aromatic N) is 2.